The number of benzene rings is 1. The summed E-state index contributed by atoms with van der Waals surface area (Å²) >= 11 is 0. The lowest BCUT2D eigenvalue weighted by atomic mass is 10.1. The Labute approximate surface area is 110 Å². The van der Waals surface area contributed by atoms with Crippen LogP contribution in [-0.2, 0) is 4.79 Å². The van der Waals surface area contributed by atoms with Crippen LogP contribution in [0.1, 0.15) is 27.6 Å². The Morgan fingerprint density at radius 2 is 1.89 bits per heavy atom. The maximum atomic E-state index is 11.5. The number of anilines is 1. The summed E-state index contributed by atoms with van der Waals surface area (Å²) in [5, 5.41) is 4.81. The first-order chi connectivity index (χ1) is 9.11. The normalized spacial score (nSPS) is 13.9. The molecule has 1 aliphatic heterocycles. The van der Waals surface area contributed by atoms with E-state index in [2.05, 4.69) is 10.6 Å². The third-order valence-electron chi connectivity index (χ3n) is 2.55. The Morgan fingerprint density at radius 3 is 2.63 bits per heavy atom. The maximum Gasteiger partial charge on any atom is 0.259 e. The van der Waals surface area contributed by atoms with Gasteiger partial charge in [0.2, 0.25) is 5.91 Å². The fourth-order valence-corrected chi connectivity index (χ4v) is 1.68. The molecule has 1 aromatic rings. The summed E-state index contributed by atoms with van der Waals surface area (Å²) in [4.78, 5) is 34.3. The Kier molecular flexibility index (Phi) is 3.56. The van der Waals surface area contributed by atoms with Crippen molar-refractivity contribution < 1.29 is 14.4 Å². The van der Waals surface area contributed by atoms with E-state index in [-0.39, 0.29) is 11.5 Å². The molecule has 0 radical (unpaired) electrons. The molecule has 19 heavy (non-hydrogen) atoms. The van der Waals surface area contributed by atoms with Gasteiger partial charge in [0.05, 0.1) is 11.1 Å². The molecule has 3 amide bonds. The van der Waals surface area contributed by atoms with Crippen molar-refractivity contribution in [2.24, 2.45) is 0 Å². The number of allylic oxidation sites excluding steroid dienone is 3. The zero-order valence-corrected chi connectivity index (χ0v) is 10.3. The predicted molar refractivity (Wildman–Crippen MR) is 70.8 cm³/mol. The molecule has 0 unspecified atom stereocenters. The van der Waals surface area contributed by atoms with Crippen LogP contribution in [0.4, 0.5) is 5.69 Å². The van der Waals surface area contributed by atoms with Crippen LogP contribution < -0.4 is 10.6 Å². The third-order valence-corrected chi connectivity index (χ3v) is 2.55. The van der Waals surface area contributed by atoms with Gasteiger partial charge in [-0.05, 0) is 25.1 Å². The second-order valence-electron chi connectivity index (χ2n) is 3.92. The number of nitrogens with one attached hydrogen (secondary N) is 2. The van der Waals surface area contributed by atoms with Crippen molar-refractivity contribution in [2.75, 3.05) is 5.32 Å². The molecule has 0 atom stereocenters. The van der Waals surface area contributed by atoms with E-state index in [1.54, 1.807) is 24.3 Å². The van der Waals surface area contributed by atoms with E-state index in [9.17, 15) is 14.4 Å². The first-order valence-corrected chi connectivity index (χ1v) is 5.72. The highest BCUT2D eigenvalue weighted by Crippen LogP contribution is 2.20. The average Bonchev–Trinajstić information content (AvgIpc) is 2.65. The minimum atomic E-state index is -0.444. The number of hydrogen-bond acceptors (Lipinski definition) is 3. The van der Waals surface area contributed by atoms with E-state index in [4.69, 9.17) is 0 Å². The standard InChI is InChI=1S/C14H12N2O3/c1-2-3-4-5-12(17)15-9-6-7-10-11(8-9)14(19)16-13(10)18/h2-8H,1H3,(H,15,17)(H,16,18,19)/b3-2+,5-4+. The quantitative estimate of drug-likeness (QED) is 0.490. The molecule has 1 aromatic carbocycles. The number of hydrogen-bond donors (Lipinski definition) is 2. The first kappa shape index (κ1) is 12.8. The minimum absolute atomic E-state index is 0.278. The number of imide groups is 1. The molecule has 1 heterocycles. The zero-order valence-electron chi connectivity index (χ0n) is 10.3. The van der Waals surface area contributed by atoms with Crippen LogP contribution in [0, 0.1) is 0 Å². The lowest BCUT2D eigenvalue weighted by Crippen LogP contribution is -2.19. The number of amides is 3. The van der Waals surface area contributed by atoms with E-state index < -0.39 is 11.8 Å². The Morgan fingerprint density at radius 1 is 1.16 bits per heavy atom. The highest BCUT2D eigenvalue weighted by atomic mass is 16.2. The maximum absolute atomic E-state index is 11.5. The van der Waals surface area contributed by atoms with Crippen molar-refractivity contribution >= 4 is 23.4 Å². The molecule has 0 spiro atoms. The predicted octanol–water partition coefficient (Wildman–Crippen LogP) is 1.64. The van der Waals surface area contributed by atoms with Crippen molar-refractivity contribution in [2.45, 2.75) is 6.92 Å². The van der Waals surface area contributed by atoms with Crippen molar-refractivity contribution in [3.63, 3.8) is 0 Å². The molecule has 0 aromatic heterocycles. The molecule has 2 rings (SSSR count). The molecule has 5 nitrogen and oxygen atoms in total. The van der Waals surface area contributed by atoms with Crippen LogP contribution in [0.3, 0.4) is 0 Å². The van der Waals surface area contributed by atoms with E-state index >= 15 is 0 Å². The third kappa shape index (κ3) is 2.77. The SMILES string of the molecule is C/C=C/C=C/C(=O)Nc1ccc2c(c1)C(=O)NC2=O. The van der Waals surface area contributed by atoms with E-state index in [1.807, 2.05) is 6.92 Å². The van der Waals surface area contributed by atoms with Gasteiger partial charge in [-0.15, -0.1) is 0 Å². The van der Waals surface area contributed by atoms with Crippen LogP contribution in [0.2, 0.25) is 0 Å². The van der Waals surface area contributed by atoms with E-state index in [1.165, 1.54) is 18.2 Å². The monoisotopic (exact) mass is 256 g/mol. The topological polar surface area (TPSA) is 75.3 Å². The molecule has 2 N–H and O–H groups in total. The highest BCUT2D eigenvalue weighted by molar-refractivity contribution is 6.22. The van der Waals surface area contributed by atoms with Gasteiger partial charge in [-0.1, -0.05) is 18.2 Å². The van der Waals surface area contributed by atoms with Crippen molar-refractivity contribution in [3.8, 4) is 0 Å². The molecule has 0 bridgehead atoms. The summed E-state index contributed by atoms with van der Waals surface area (Å²) in [5.74, 6) is -1.16. The van der Waals surface area contributed by atoms with Crippen LogP contribution in [0.5, 0.6) is 0 Å². The molecule has 0 aliphatic carbocycles. The molecule has 5 heteroatoms. The summed E-state index contributed by atoms with van der Waals surface area (Å²) < 4.78 is 0. The van der Waals surface area contributed by atoms with Crippen LogP contribution in [0.25, 0.3) is 0 Å². The zero-order chi connectivity index (χ0) is 13.8. The molecule has 0 fully saturated rings. The number of carbonyl (C=O) groups is 3. The Hall–Kier alpha value is -2.69. The summed E-state index contributed by atoms with van der Waals surface area (Å²) in [6.45, 7) is 1.85. The Bertz CT molecular complexity index is 615. The molecule has 1 aliphatic rings. The largest absolute Gasteiger partial charge is 0.322 e. The van der Waals surface area contributed by atoms with Gasteiger partial charge in [0.1, 0.15) is 0 Å². The van der Waals surface area contributed by atoms with Gasteiger partial charge in [-0.25, -0.2) is 0 Å². The van der Waals surface area contributed by atoms with Crippen molar-refractivity contribution in [3.05, 3.63) is 53.6 Å². The molecule has 0 saturated heterocycles. The van der Waals surface area contributed by atoms with Gasteiger partial charge in [0.15, 0.2) is 0 Å². The van der Waals surface area contributed by atoms with Crippen molar-refractivity contribution in [1.29, 1.82) is 0 Å². The molecule has 0 saturated carbocycles. The van der Waals surface area contributed by atoms with Gasteiger partial charge in [0, 0.05) is 11.8 Å². The average molecular weight is 256 g/mol. The van der Waals surface area contributed by atoms with Gasteiger partial charge >= 0.3 is 0 Å². The van der Waals surface area contributed by atoms with E-state index in [0.717, 1.165) is 0 Å². The van der Waals surface area contributed by atoms with Crippen molar-refractivity contribution in [1.82, 2.24) is 5.32 Å². The second-order valence-corrected chi connectivity index (χ2v) is 3.92. The minimum Gasteiger partial charge on any atom is -0.322 e. The molecular weight excluding hydrogens is 244 g/mol. The van der Waals surface area contributed by atoms with Crippen LogP contribution >= 0.6 is 0 Å². The lowest BCUT2D eigenvalue weighted by molar-refractivity contribution is -0.111. The summed E-state index contributed by atoms with van der Waals surface area (Å²) in [5.41, 5.74) is 1.08. The fraction of sp³-hybridized carbons (Fsp3) is 0.0714. The van der Waals surface area contributed by atoms with Crippen LogP contribution in [0.15, 0.2) is 42.5 Å². The van der Waals surface area contributed by atoms with Gasteiger partial charge in [-0.3, -0.25) is 19.7 Å². The smallest absolute Gasteiger partial charge is 0.259 e. The number of carbonyl (C=O) groups excluding carboxylic acids is 3. The highest BCUT2D eigenvalue weighted by Gasteiger charge is 2.26. The van der Waals surface area contributed by atoms with E-state index in [0.29, 0.717) is 11.3 Å². The number of rotatable bonds is 3. The second kappa shape index (κ2) is 5.30. The summed E-state index contributed by atoms with van der Waals surface area (Å²) in [7, 11) is 0. The van der Waals surface area contributed by atoms with Gasteiger partial charge in [0.25, 0.3) is 11.8 Å². The Balaban J connectivity index is 2.15. The number of fused-ring (bicyclic) bond motifs is 1. The summed E-state index contributed by atoms with van der Waals surface area (Å²) in [6.07, 6.45) is 6.51. The van der Waals surface area contributed by atoms with Crippen LogP contribution in [-0.4, -0.2) is 17.7 Å². The first-order valence-electron chi connectivity index (χ1n) is 5.72. The van der Waals surface area contributed by atoms with Gasteiger partial charge < -0.3 is 5.32 Å². The lowest BCUT2D eigenvalue weighted by Gasteiger charge is -2.03. The fourth-order valence-electron chi connectivity index (χ4n) is 1.68. The molecule has 96 valence electrons. The summed E-state index contributed by atoms with van der Waals surface area (Å²) in [6, 6.07) is 4.58. The van der Waals surface area contributed by atoms with Gasteiger partial charge in [-0.2, -0.15) is 0 Å². The molecular formula is C14H12N2O3.